The quantitative estimate of drug-likeness (QED) is 0.867. The Morgan fingerprint density at radius 1 is 1.35 bits per heavy atom. The maximum absolute atomic E-state index is 13.4. The van der Waals surface area contributed by atoms with Gasteiger partial charge < -0.3 is 10.1 Å². The number of rotatable bonds is 4. The molecule has 110 valence electrons. The fraction of sp³-hybridized carbons (Fsp3) is 0.429. The first-order valence-electron chi connectivity index (χ1n) is 6.08. The largest absolute Gasteiger partial charge is 0.456 e. The van der Waals surface area contributed by atoms with Crippen LogP contribution in [-0.4, -0.2) is 18.5 Å². The average molecular weight is 302 g/mol. The second kappa shape index (κ2) is 6.70. The van der Waals surface area contributed by atoms with Crippen LogP contribution in [0.4, 0.5) is 10.1 Å². The molecule has 0 fully saturated rings. The van der Waals surface area contributed by atoms with Crippen LogP contribution >= 0.6 is 11.6 Å². The van der Waals surface area contributed by atoms with Crippen molar-refractivity contribution in [1.82, 2.24) is 0 Å². The minimum atomic E-state index is -0.617. The molecule has 1 N–H and O–H groups in total. The van der Waals surface area contributed by atoms with Crippen LogP contribution in [-0.2, 0) is 14.3 Å². The maximum atomic E-state index is 13.4. The van der Waals surface area contributed by atoms with Crippen molar-refractivity contribution in [3.05, 3.63) is 29.0 Å². The highest BCUT2D eigenvalue weighted by molar-refractivity contribution is 6.30. The van der Waals surface area contributed by atoms with Gasteiger partial charge in [-0.3, -0.25) is 9.59 Å². The van der Waals surface area contributed by atoms with Crippen LogP contribution in [0.5, 0.6) is 0 Å². The van der Waals surface area contributed by atoms with E-state index in [0.717, 1.165) is 6.07 Å². The Bertz CT molecular complexity index is 512. The third-order valence-corrected chi connectivity index (χ3v) is 2.48. The molecule has 0 aliphatic carbocycles. The van der Waals surface area contributed by atoms with Gasteiger partial charge in [0.2, 0.25) is 0 Å². The molecule has 0 aliphatic heterocycles. The molecule has 0 unspecified atom stereocenters. The van der Waals surface area contributed by atoms with Crippen molar-refractivity contribution < 1.29 is 18.7 Å². The van der Waals surface area contributed by atoms with Crippen LogP contribution in [0.15, 0.2) is 18.2 Å². The summed E-state index contributed by atoms with van der Waals surface area (Å²) in [5.74, 6) is -1.70. The van der Waals surface area contributed by atoms with Crippen LogP contribution in [0.25, 0.3) is 0 Å². The minimum absolute atomic E-state index is 0.0469. The fourth-order valence-corrected chi connectivity index (χ4v) is 1.58. The number of halogens is 2. The van der Waals surface area contributed by atoms with Gasteiger partial charge in [0, 0.05) is 5.02 Å². The third kappa shape index (κ3) is 6.02. The highest BCUT2D eigenvalue weighted by Gasteiger charge is 2.18. The van der Waals surface area contributed by atoms with Gasteiger partial charge in [-0.1, -0.05) is 32.4 Å². The summed E-state index contributed by atoms with van der Waals surface area (Å²) in [5.41, 5.74) is -0.263. The van der Waals surface area contributed by atoms with Crippen molar-refractivity contribution in [3.63, 3.8) is 0 Å². The number of nitrogens with one attached hydrogen (secondary N) is 1. The van der Waals surface area contributed by atoms with E-state index in [4.69, 9.17) is 16.3 Å². The smallest absolute Gasteiger partial charge is 0.306 e. The molecular formula is C14H17ClFNO3. The van der Waals surface area contributed by atoms with Crippen molar-refractivity contribution in [1.29, 1.82) is 0 Å². The summed E-state index contributed by atoms with van der Waals surface area (Å²) in [6.07, 6.45) is 0.200. The molecule has 0 atom stereocenters. The lowest BCUT2D eigenvalue weighted by molar-refractivity contribution is -0.149. The van der Waals surface area contributed by atoms with Crippen LogP contribution in [0.1, 0.15) is 27.2 Å². The fourth-order valence-electron chi connectivity index (χ4n) is 1.41. The van der Waals surface area contributed by atoms with Crippen molar-refractivity contribution in [2.24, 2.45) is 5.41 Å². The van der Waals surface area contributed by atoms with Crippen molar-refractivity contribution in [2.45, 2.75) is 27.2 Å². The van der Waals surface area contributed by atoms with E-state index in [-0.39, 0.29) is 17.5 Å². The summed E-state index contributed by atoms with van der Waals surface area (Å²) >= 11 is 5.70. The van der Waals surface area contributed by atoms with E-state index in [1.54, 1.807) is 0 Å². The third-order valence-electron chi connectivity index (χ3n) is 2.24. The van der Waals surface area contributed by atoms with Gasteiger partial charge in [-0.25, -0.2) is 4.39 Å². The summed E-state index contributed by atoms with van der Waals surface area (Å²) in [6.45, 7) is 5.20. The Morgan fingerprint density at radius 3 is 2.60 bits per heavy atom. The molecule has 20 heavy (non-hydrogen) atoms. The Balaban J connectivity index is 2.48. The van der Waals surface area contributed by atoms with Gasteiger partial charge >= 0.3 is 5.97 Å². The number of ether oxygens (including phenoxy) is 1. The van der Waals surface area contributed by atoms with Crippen molar-refractivity contribution >= 4 is 29.2 Å². The summed E-state index contributed by atoms with van der Waals surface area (Å²) in [5, 5.41) is 2.59. The highest BCUT2D eigenvalue weighted by atomic mass is 35.5. The van der Waals surface area contributed by atoms with Gasteiger partial charge in [0.15, 0.2) is 6.61 Å². The normalized spacial score (nSPS) is 11.1. The monoisotopic (exact) mass is 301 g/mol. The molecule has 6 heteroatoms. The van der Waals surface area contributed by atoms with Gasteiger partial charge in [-0.15, -0.1) is 0 Å². The SMILES string of the molecule is CC(C)(C)CC(=O)OCC(=O)Nc1cc(Cl)ccc1F. The standard InChI is InChI=1S/C14H17ClFNO3/c1-14(2,3)7-13(19)20-8-12(18)17-11-6-9(15)4-5-10(11)16/h4-6H,7-8H2,1-3H3,(H,17,18). The minimum Gasteiger partial charge on any atom is -0.456 e. The Morgan fingerprint density at radius 2 is 2.00 bits per heavy atom. The molecule has 0 bridgehead atoms. The summed E-state index contributed by atoms with van der Waals surface area (Å²) in [6, 6.07) is 3.80. The molecule has 1 aromatic carbocycles. The first kappa shape index (κ1) is 16.4. The first-order chi connectivity index (χ1) is 9.17. The van der Waals surface area contributed by atoms with Gasteiger partial charge in [0.25, 0.3) is 5.91 Å². The lowest BCUT2D eigenvalue weighted by atomic mass is 9.93. The molecule has 0 radical (unpaired) electrons. The van der Waals surface area contributed by atoms with Crippen molar-refractivity contribution in [3.8, 4) is 0 Å². The van der Waals surface area contributed by atoms with E-state index < -0.39 is 24.3 Å². The van der Waals surface area contributed by atoms with Gasteiger partial charge in [-0.05, 0) is 23.6 Å². The molecule has 1 rings (SSSR count). The molecule has 0 aromatic heterocycles. The molecule has 0 aliphatic rings. The number of anilines is 1. The molecule has 0 heterocycles. The van der Waals surface area contributed by atoms with E-state index in [1.165, 1.54) is 12.1 Å². The predicted molar refractivity (Wildman–Crippen MR) is 75.1 cm³/mol. The topological polar surface area (TPSA) is 55.4 Å². The number of benzene rings is 1. The van der Waals surface area contributed by atoms with Crippen LogP contribution < -0.4 is 5.32 Å². The van der Waals surface area contributed by atoms with E-state index in [1.807, 2.05) is 20.8 Å². The summed E-state index contributed by atoms with van der Waals surface area (Å²) in [4.78, 5) is 23.0. The zero-order chi connectivity index (χ0) is 15.3. The van der Waals surface area contributed by atoms with E-state index in [2.05, 4.69) is 5.32 Å². The molecule has 4 nitrogen and oxygen atoms in total. The van der Waals surface area contributed by atoms with Crippen LogP contribution in [0.2, 0.25) is 5.02 Å². The lowest BCUT2D eigenvalue weighted by Gasteiger charge is -2.16. The lowest BCUT2D eigenvalue weighted by Crippen LogP contribution is -2.23. The zero-order valence-corrected chi connectivity index (χ0v) is 12.4. The van der Waals surface area contributed by atoms with E-state index in [9.17, 15) is 14.0 Å². The molecule has 0 saturated carbocycles. The number of amides is 1. The molecular weight excluding hydrogens is 285 g/mol. The van der Waals surface area contributed by atoms with Gasteiger partial charge in [-0.2, -0.15) is 0 Å². The molecule has 1 aromatic rings. The Kier molecular flexibility index (Phi) is 5.51. The van der Waals surface area contributed by atoms with E-state index in [0.29, 0.717) is 5.02 Å². The number of hydrogen-bond acceptors (Lipinski definition) is 3. The second-order valence-corrected chi connectivity index (χ2v) is 6.01. The molecule has 1 amide bonds. The first-order valence-corrected chi connectivity index (χ1v) is 6.46. The average Bonchev–Trinajstić information content (AvgIpc) is 2.29. The zero-order valence-electron chi connectivity index (χ0n) is 11.6. The maximum Gasteiger partial charge on any atom is 0.306 e. The van der Waals surface area contributed by atoms with Gasteiger partial charge in [0.05, 0.1) is 12.1 Å². The highest BCUT2D eigenvalue weighted by Crippen LogP contribution is 2.20. The van der Waals surface area contributed by atoms with Crippen LogP contribution in [0, 0.1) is 11.2 Å². The van der Waals surface area contributed by atoms with E-state index >= 15 is 0 Å². The number of esters is 1. The van der Waals surface area contributed by atoms with Gasteiger partial charge in [0.1, 0.15) is 5.82 Å². The molecule has 0 spiro atoms. The summed E-state index contributed by atoms with van der Waals surface area (Å²) in [7, 11) is 0. The predicted octanol–water partition coefficient (Wildman–Crippen LogP) is 3.40. The second-order valence-electron chi connectivity index (χ2n) is 5.57. The van der Waals surface area contributed by atoms with Crippen LogP contribution in [0.3, 0.4) is 0 Å². The Labute approximate surface area is 122 Å². The summed E-state index contributed by atoms with van der Waals surface area (Å²) < 4.78 is 18.2. The van der Waals surface area contributed by atoms with Crippen molar-refractivity contribution in [2.75, 3.05) is 11.9 Å². The number of carbonyl (C=O) groups is 2. The molecule has 0 saturated heterocycles. The Hall–Kier alpha value is -1.62. The number of hydrogen-bond donors (Lipinski definition) is 1. The number of carbonyl (C=O) groups excluding carboxylic acids is 2.